The summed E-state index contributed by atoms with van der Waals surface area (Å²) in [6, 6.07) is 18.0. The lowest BCUT2D eigenvalue weighted by Crippen LogP contribution is -2.31. The summed E-state index contributed by atoms with van der Waals surface area (Å²) in [5.74, 6) is 2.13. The second kappa shape index (κ2) is 8.09. The van der Waals surface area contributed by atoms with Gasteiger partial charge in [-0.05, 0) is 58.7 Å². The third-order valence-electron chi connectivity index (χ3n) is 6.81. The molecule has 0 aromatic heterocycles. The van der Waals surface area contributed by atoms with Crippen molar-refractivity contribution in [2.24, 2.45) is 5.92 Å². The van der Waals surface area contributed by atoms with Crippen LogP contribution in [0.25, 0.3) is 0 Å². The number of benzene rings is 3. The van der Waals surface area contributed by atoms with Crippen molar-refractivity contribution in [3.8, 4) is 28.7 Å². The number of rotatable bonds is 5. The van der Waals surface area contributed by atoms with E-state index >= 15 is 0 Å². The van der Waals surface area contributed by atoms with Crippen LogP contribution in [0.15, 0.2) is 66.4 Å². The maximum absolute atomic E-state index is 10.5. The maximum Gasteiger partial charge on any atom is 0.231 e. The molecule has 0 fully saturated rings. The van der Waals surface area contributed by atoms with E-state index in [-0.39, 0.29) is 30.4 Å². The van der Waals surface area contributed by atoms with E-state index in [1.807, 2.05) is 36.6 Å². The van der Waals surface area contributed by atoms with Gasteiger partial charge >= 0.3 is 0 Å². The number of methoxy groups -OCH3 is 2. The first kappa shape index (κ1) is 20.6. The monoisotopic (exact) mass is 459 g/mol. The van der Waals surface area contributed by atoms with Crippen LogP contribution in [-0.2, 0) is 4.74 Å². The zero-order valence-corrected chi connectivity index (χ0v) is 18.9. The van der Waals surface area contributed by atoms with Gasteiger partial charge in [0.25, 0.3) is 0 Å². The molecule has 6 rings (SSSR count). The van der Waals surface area contributed by atoms with Crippen molar-refractivity contribution in [3.05, 3.63) is 83.1 Å². The summed E-state index contributed by atoms with van der Waals surface area (Å²) in [5.41, 5.74) is 5.33. The van der Waals surface area contributed by atoms with E-state index in [0.717, 1.165) is 39.4 Å². The highest BCUT2D eigenvalue weighted by atomic mass is 16.7. The van der Waals surface area contributed by atoms with Crippen molar-refractivity contribution < 1.29 is 28.8 Å². The molecule has 0 unspecified atom stereocenters. The SMILES string of the molecule is COc1cc([C@H]2C3=COC[C@@H]3[C@H](Nc3ccccc3)c3cc4c(cc32)OCO4)cc(OC)c1O. The van der Waals surface area contributed by atoms with Crippen LogP contribution in [0.5, 0.6) is 28.7 Å². The first-order valence-electron chi connectivity index (χ1n) is 11.2. The Kier molecular flexibility index (Phi) is 4.90. The zero-order valence-electron chi connectivity index (χ0n) is 18.9. The van der Waals surface area contributed by atoms with Gasteiger partial charge in [-0.15, -0.1) is 0 Å². The normalized spacial score (nSPS) is 21.7. The fourth-order valence-electron chi connectivity index (χ4n) is 5.24. The van der Waals surface area contributed by atoms with Crippen LogP contribution in [0.2, 0.25) is 0 Å². The number of phenols is 1. The van der Waals surface area contributed by atoms with Gasteiger partial charge in [0, 0.05) is 17.5 Å². The van der Waals surface area contributed by atoms with Gasteiger partial charge in [-0.2, -0.15) is 0 Å². The Morgan fingerprint density at radius 1 is 0.912 bits per heavy atom. The van der Waals surface area contributed by atoms with Crippen LogP contribution in [0.3, 0.4) is 0 Å². The number of aromatic hydroxyl groups is 1. The predicted molar refractivity (Wildman–Crippen MR) is 126 cm³/mol. The van der Waals surface area contributed by atoms with Gasteiger partial charge < -0.3 is 34.1 Å². The minimum absolute atomic E-state index is 0.0159. The van der Waals surface area contributed by atoms with Crippen molar-refractivity contribution in [2.45, 2.75) is 12.0 Å². The molecule has 2 N–H and O–H groups in total. The summed E-state index contributed by atoms with van der Waals surface area (Å²) in [4.78, 5) is 0. The van der Waals surface area contributed by atoms with Gasteiger partial charge in [-0.3, -0.25) is 0 Å². The number of ether oxygens (including phenoxy) is 5. The van der Waals surface area contributed by atoms with E-state index in [0.29, 0.717) is 18.1 Å². The molecule has 1 aliphatic carbocycles. The topological polar surface area (TPSA) is 78.4 Å². The van der Waals surface area contributed by atoms with E-state index in [4.69, 9.17) is 23.7 Å². The minimum Gasteiger partial charge on any atom is -0.502 e. The molecule has 0 bridgehead atoms. The molecule has 0 spiro atoms. The Labute approximate surface area is 197 Å². The van der Waals surface area contributed by atoms with Crippen LogP contribution < -0.4 is 24.3 Å². The predicted octanol–water partition coefficient (Wildman–Crippen LogP) is 4.97. The number of hydrogen-bond donors (Lipinski definition) is 2. The molecule has 3 aromatic rings. The average molecular weight is 459 g/mol. The van der Waals surface area contributed by atoms with Crippen molar-refractivity contribution >= 4 is 5.69 Å². The van der Waals surface area contributed by atoms with Crippen molar-refractivity contribution in [3.63, 3.8) is 0 Å². The third kappa shape index (κ3) is 3.19. The van der Waals surface area contributed by atoms with Crippen LogP contribution in [0.4, 0.5) is 5.69 Å². The number of hydrogen-bond acceptors (Lipinski definition) is 7. The van der Waals surface area contributed by atoms with Gasteiger partial charge in [-0.1, -0.05) is 18.2 Å². The van der Waals surface area contributed by atoms with Crippen molar-refractivity contribution in [1.29, 1.82) is 0 Å². The van der Waals surface area contributed by atoms with Crippen molar-refractivity contribution in [1.82, 2.24) is 0 Å². The maximum atomic E-state index is 10.5. The number of fused-ring (bicyclic) bond motifs is 3. The Balaban J connectivity index is 1.55. The molecule has 2 heterocycles. The summed E-state index contributed by atoms with van der Waals surface area (Å²) < 4.78 is 28.3. The average Bonchev–Trinajstić information content (AvgIpc) is 3.53. The lowest BCUT2D eigenvalue weighted by molar-refractivity contribution is 0.174. The fourth-order valence-corrected chi connectivity index (χ4v) is 5.24. The minimum atomic E-state index is -0.130. The van der Waals surface area contributed by atoms with E-state index in [1.165, 1.54) is 14.2 Å². The molecule has 3 aromatic carbocycles. The van der Waals surface area contributed by atoms with Gasteiger partial charge in [0.05, 0.1) is 33.1 Å². The molecule has 0 saturated carbocycles. The molecule has 0 radical (unpaired) electrons. The van der Waals surface area contributed by atoms with E-state index in [2.05, 4.69) is 29.6 Å². The lowest BCUT2D eigenvalue weighted by Gasteiger charge is -2.38. The van der Waals surface area contributed by atoms with Crippen LogP contribution >= 0.6 is 0 Å². The van der Waals surface area contributed by atoms with Crippen molar-refractivity contribution in [2.75, 3.05) is 32.9 Å². The summed E-state index contributed by atoms with van der Waals surface area (Å²) in [6.07, 6.45) is 1.87. The van der Waals surface area contributed by atoms with Gasteiger partial charge in [-0.25, -0.2) is 0 Å². The van der Waals surface area contributed by atoms with Gasteiger partial charge in [0.15, 0.2) is 23.0 Å². The highest BCUT2D eigenvalue weighted by Crippen LogP contribution is 2.55. The Hall–Kier alpha value is -4.00. The molecule has 34 heavy (non-hydrogen) atoms. The summed E-state index contributed by atoms with van der Waals surface area (Å²) >= 11 is 0. The van der Waals surface area contributed by atoms with Gasteiger partial charge in [0.1, 0.15) is 0 Å². The van der Waals surface area contributed by atoms with Crippen LogP contribution in [-0.4, -0.2) is 32.7 Å². The highest BCUT2D eigenvalue weighted by Gasteiger charge is 2.44. The third-order valence-corrected chi connectivity index (χ3v) is 6.81. The molecule has 0 amide bonds. The quantitative estimate of drug-likeness (QED) is 0.558. The second-order valence-corrected chi connectivity index (χ2v) is 8.59. The van der Waals surface area contributed by atoms with E-state index in [9.17, 15) is 5.11 Å². The molecule has 7 nitrogen and oxygen atoms in total. The smallest absolute Gasteiger partial charge is 0.231 e. The first-order valence-corrected chi connectivity index (χ1v) is 11.2. The summed E-state index contributed by atoms with van der Waals surface area (Å²) in [6.45, 7) is 0.770. The first-order chi connectivity index (χ1) is 16.7. The standard InChI is InChI=1S/C27H25NO6/c1-30-23-8-15(9-24(31-2)27(23)29)25-17-10-21-22(34-14-33-21)11-18(17)26(20-13-32-12-19(20)25)28-16-6-4-3-5-7-16/h3-12,20,25-26,28-29H,13-14H2,1-2H3/t20-,25+,26+/m0/s1. The molecule has 2 aliphatic heterocycles. The molecule has 3 atom stereocenters. The molecular formula is C27H25NO6. The number of anilines is 1. The van der Waals surface area contributed by atoms with E-state index in [1.54, 1.807) is 0 Å². The number of phenolic OH excluding ortho intramolecular Hbond substituents is 1. The number of nitrogens with one attached hydrogen (secondary N) is 1. The summed E-state index contributed by atoms with van der Waals surface area (Å²) in [5, 5.41) is 14.2. The number of para-hydroxylation sites is 1. The van der Waals surface area contributed by atoms with E-state index < -0.39 is 0 Å². The van der Waals surface area contributed by atoms with Crippen LogP contribution in [0.1, 0.15) is 28.7 Å². The fraction of sp³-hybridized carbons (Fsp3) is 0.259. The molecule has 3 aliphatic rings. The molecule has 0 saturated heterocycles. The van der Waals surface area contributed by atoms with Crippen LogP contribution in [0, 0.1) is 5.92 Å². The zero-order chi connectivity index (χ0) is 23.2. The highest BCUT2D eigenvalue weighted by molar-refractivity contribution is 5.63. The largest absolute Gasteiger partial charge is 0.502 e. The Morgan fingerprint density at radius 3 is 2.26 bits per heavy atom. The van der Waals surface area contributed by atoms with Gasteiger partial charge in [0.2, 0.25) is 12.5 Å². The summed E-state index contributed by atoms with van der Waals surface area (Å²) in [7, 11) is 3.07. The molecule has 7 heteroatoms. The lowest BCUT2D eigenvalue weighted by atomic mass is 9.68. The Bertz CT molecular complexity index is 1250. The second-order valence-electron chi connectivity index (χ2n) is 8.59. The Morgan fingerprint density at radius 2 is 1.59 bits per heavy atom. The molecular weight excluding hydrogens is 434 g/mol. The molecule has 174 valence electrons.